The van der Waals surface area contributed by atoms with Crippen LogP contribution in [0.4, 0.5) is 4.39 Å². The molecule has 0 unspecified atom stereocenters. The average Bonchev–Trinajstić information content (AvgIpc) is 2.39. The zero-order valence-electron chi connectivity index (χ0n) is 8.77. The molecule has 0 spiro atoms. The maximum atomic E-state index is 13.7. The molecule has 0 aliphatic carbocycles. The van der Waals surface area contributed by atoms with Gasteiger partial charge < -0.3 is 0 Å². The van der Waals surface area contributed by atoms with Crippen molar-refractivity contribution in [1.82, 2.24) is 4.98 Å². The lowest BCUT2D eigenvalue weighted by Crippen LogP contribution is -1.98. The number of rotatable bonds is 2. The first kappa shape index (κ1) is 11.6. The van der Waals surface area contributed by atoms with E-state index in [0.717, 1.165) is 5.56 Å². The number of aromatic nitrogens is 1. The average molecular weight is 247 g/mol. The summed E-state index contributed by atoms with van der Waals surface area (Å²) in [4.78, 5) is 3.94. The SMILES string of the molecule is N#Cc1ccc([C@H](Cl)c2cccnc2)c(F)c1. The van der Waals surface area contributed by atoms with Crippen LogP contribution in [-0.2, 0) is 0 Å². The number of hydrogen-bond acceptors (Lipinski definition) is 2. The Balaban J connectivity index is 2.39. The minimum Gasteiger partial charge on any atom is -0.264 e. The van der Waals surface area contributed by atoms with Crippen LogP contribution < -0.4 is 0 Å². The molecule has 1 heterocycles. The number of halogens is 2. The van der Waals surface area contributed by atoms with Crippen LogP contribution in [0.15, 0.2) is 42.7 Å². The van der Waals surface area contributed by atoms with Crippen LogP contribution in [0.5, 0.6) is 0 Å². The van der Waals surface area contributed by atoms with Gasteiger partial charge in [0.15, 0.2) is 0 Å². The highest BCUT2D eigenvalue weighted by molar-refractivity contribution is 6.22. The number of alkyl halides is 1. The zero-order chi connectivity index (χ0) is 12.3. The molecule has 17 heavy (non-hydrogen) atoms. The van der Waals surface area contributed by atoms with Gasteiger partial charge in [-0.2, -0.15) is 5.26 Å². The fraction of sp³-hybridized carbons (Fsp3) is 0.0769. The minimum atomic E-state index is -0.601. The van der Waals surface area contributed by atoms with Gasteiger partial charge >= 0.3 is 0 Å². The van der Waals surface area contributed by atoms with Crippen molar-refractivity contribution in [2.24, 2.45) is 0 Å². The van der Waals surface area contributed by atoms with Crippen molar-refractivity contribution in [3.63, 3.8) is 0 Å². The molecule has 0 fully saturated rings. The van der Waals surface area contributed by atoms with Crippen LogP contribution in [0.2, 0.25) is 0 Å². The Kier molecular flexibility index (Phi) is 3.36. The third-order valence-electron chi connectivity index (χ3n) is 2.38. The Morgan fingerprint density at radius 2 is 2.18 bits per heavy atom. The van der Waals surface area contributed by atoms with Crippen molar-refractivity contribution < 1.29 is 4.39 Å². The van der Waals surface area contributed by atoms with Gasteiger partial charge in [-0.25, -0.2) is 4.39 Å². The van der Waals surface area contributed by atoms with Gasteiger partial charge in [0.2, 0.25) is 0 Å². The maximum Gasteiger partial charge on any atom is 0.129 e. The van der Waals surface area contributed by atoms with E-state index in [1.807, 2.05) is 6.07 Å². The Labute approximate surface area is 103 Å². The predicted octanol–water partition coefficient (Wildman–Crippen LogP) is 3.42. The van der Waals surface area contributed by atoms with Crippen LogP contribution in [-0.4, -0.2) is 4.98 Å². The van der Waals surface area contributed by atoms with E-state index >= 15 is 0 Å². The summed E-state index contributed by atoms with van der Waals surface area (Å²) >= 11 is 6.17. The van der Waals surface area contributed by atoms with Gasteiger partial charge in [-0.05, 0) is 23.8 Å². The van der Waals surface area contributed by atoms with Crippen LogP contribution in [0.1, 0.15) is 22.1 Å². The van der Waals surface area contributed by atoms with E-state index < -0.39 is 11.2 Å². The van der Waals surface area contributed by atoms with Gasteiger partial charge in [-0.15, -0.1) is 11.6 Å². The summed E-state index contributed by atoms with van der Waals surface area (Å²) in [5, 5.41) is 8.05. The summed E-state index contributed by atoms with van der Waals surface area (Å²) in [5.74, 6) is -0.479. The highest BCUT2D eigenvalue weighted by Crippen LogP contribution is 2.30. The molecule has 2 nitrogen and oxygen atoms in total. The van der Waals surface area contributed by atoms with Gasteiger partial charge in [-0.1, -0.05) is 12.1 Å². The summed E-state index contributed by atoms with van der Waals surface area (Å²) < 4.78 is 13.7. The molecule has 2 rings (SSSR count). The molecular weight excluding hydrogens is 239 g/mol. The largest absolute Gasteiger partial charge is 0.264 e. The number of pyridine rings is 1. The predicted molar refractivity (Wildman–Crippen MR) is 63.0 cm³/mol. The second-order valence-corrected chi connectivity index (χ2v) is 3.93. The lowest BCUT2D eigenvalue weighted by molar-refractivity contribution is 0.612. The van der Waals surface area contributed by atoms with Gasteiger partial charge in [0.1, 0.15) is 5.82 Å². The van der Waals surface area contributed by atoms with Gasteiger partial charge in [-0.3, -0.25) is 4.98 Å². The standard InChI is InChI=1S/C13H8ClFN2/c14-13(10-2-1-5-17-8-10)11-4-3-9(7-16)6-12(11)15/h1-6,8,13H/t13-/m1/s1. The minimum absolute atomic E-state index is 0.279. The second kappa shape index (κ2) is 4.94. The van der Waals surface area contributed by atoms with E-state index in [-0.39, 0.29) is 5.56 Å². The van der Waals surface area contributed by atoms with Crippen molar-refractivity contribution in [2.75, 3.05) is 0 Å². The van der Waals surface area contributed by atoms with Crippen molar-refractivity contribution in [2.45, 2.75) is 5.38 Å². The van der Waals surface area contributed by atoms with E-state index in [0.29, 0.717) is 5.56 Å². The van der Waals surface area contributed by atoms with Gasteiger partial charge in [0.05, 0.1) is 17.0 Å². The third-order valence-corrected chi connectivity index (χ3v) is 2.87. The van der Waals surface area contributed by atoms with E-state index in [2.05, 4.69) is 4.98 Å². The Morgan fingerprint density at radius 1 is 1.35 bits per heavy atom. The van der Waals surface area contributed by atoms with Gasteiger partial charge in [0.25, 0.3) is 0 Å². The normalized spacial score (nSPS) is 11.8. The zero-order valence-corrected chi connectivity index (χ0v) is 9.53. The molecule has 2 aromatic rings. The van der Waals surface area contributed by atoms with E-state index in [4.69, 9.17) is 16.9 Å². The molecule has 4 heteroatoms. The van der Waals surface area contributed by atoms with Crippen LogP contribution in [0.25, 0.3) is 0 Å². The van der Waals surface area contributed by atoms with Crippen LogP contribution >= 0.6 is 11.6 Å². The van der Waals surface area contributed by atoms with Crippen LogP contribution in [0, 0.1) is 17.1 Å². The number of nitriles is 1. The quantitative estimate of drug-likeness (QED) is 0.762. The molecule has 1 atom stereocenters. The van der Waals surface area contributed by atoms with Crippen molar-refractivity contribution in [1.29, 1.82) is 5.26 Å². The number of hydrogen-bond donors (Lipinski definition) is 0. The van der Waals surface area contributed by atoms with Gasteiger partial charge in [0, 0.05) is 18.0 Å². The summed E-state index contributed by atoms with van der Waals surface area (Å²) in [6.07, 6.45) is 3.22. The number of nitrogens with zero attached hydrogens (tertiary/aromatic N) is 2. The van der Waals surface area contributed by atoms with E-state index in [9.17, 15) is 4.39 Å². The lowest BCUT2D eigenvalue weighted by atomic mass is 10.0. The fourth-order valence-electron chi connectivity index (χ4n) is 1.51. The Hall–Kier alpha value is -1.92. The molecule has 84 valence electrons. The second-order valence-electron chi connectivity index (χ2n) is 3.50. The summed E-state index contributed by atoms with van der Waals surface area (Å²) in [6, 6.07) is 9.65. The molecule has 0 saturated heterocycles. The molecule has 0 aliphatic heterocycles. The Bertz CT molecular complexity index is 563. The van der Waals surface area contributed by atoms with Crippen LogP contribution in [0.3, 0.4) is 0 Å². The highest BCUT2D eigenvalue weighted by Gasteiger charge is 2.15. The lowest BCUT2D eigenvalue weighted by Gasteiger charge is -2.10. The molecule has 1 aromatic heterocycles. The smallest absolute Gasteiger partial charge is 0.129 e. The molecule has 0 amide bonds. The summed E-state index contributed by atoms with van der Waals surface area (Å²) in [5.41, 5.74) is 1.35. The van der Waals surface area contributed by atoms with Crippen molar-refractivity contribution in [3.8, 4) is 6.07 Å². The Morgan fingerprint density at radius 3 is 2.76 bits per heavy atom. The molecule has 1 aromatic carbocycles. The molecule has 0 aliphatic rings. The highest BCUT2D eigenvalue weighted by atomic mass is 35.5. The van der Waals surface area contributed by atoms with E-state index in [1.165, 1.54) is 12.1 Å². The molecule has 0 N–H and O–H groups in total. The van der Waals surface area contributed by atoms with Crippen molar-refractivity contribution >= 4 is 11.6 Å². The first-order valence-corrected chi connectivity index (χ1v) is 5.39. The summed E-state index contributed by atoms with van der Waals surface area (Å²) in [7, 11) is 0. The summed E-state index contributed by atoms with van der Waals surface area (Å²) in [6.45, 7) is 0. The number of benzene rings is 1. The molecular formula is C13H8ClFN2. The van der Waals surface area contributed by atoms with E-state index in [1.54, 1.807) is 30.6 Å². The fourth-order valence-corrected chi connectivity index (χ4v) is 1.81. The third kappa shape index (κ3) is 2.43. The maximum absolute atomic E-state index is 13.7. The molecule has 0 bridgehead atoms. The molecule has 0 saturated carbocycles. The van der Waals surface area contributed by atoms with Crippen molar-refractivity contribution in [3.05, 3.63) is 65.2 Å². The first-order valence-electron chi connectivity index (χ1n) is 4.96. The topological polar surface area (TPSA) is 36.7 Å². The monoisotopic (exact) mass is 246 g/mol. The molecule has 0 radical (unpaired) electrons. The first-order chi connectivity index (χ1) is 8.22.